The second-order valence-electron chi connectivity index (χ2n) is 26.9. The van der Waals surface area contributed by atoms with E-state index in [9.17, 15) is 43.2 Å². The lowest BCUT2D eigenvalue weighted by Gasteiger charge is -2.21. The number of phosphoric acid groups is 2. The molecule has 0 heterocycles. The third-order valence-corrected chi connectivity index (χ3v) is 19.3. The highest BCUT2D eigenvalue weighted by Gasteiger charge is 2.30. The molecule has 0 bridgehead atoms. The Morgan fingerprint density at radius 2 is 0.560 bits per heavy atom. The lowest BCUT2D eigenvalue weighted by molar-refractivity contribution is -0.161. The molecule has 0 saturated carbocycles. The molecular formula is C72H140O17P2. The molecule has 0 aliphatic heterocycles. The number of rotatable bonds is 70. The summed E-state index contributed by atoms with van der Waals surface area (Å²) >= 11 is 0. The van der Waals surface area contributed by atoms with E-state index in [0.717, 1.165) is 120 Å². The molecule has 0 aliphatic rings. The van der Waals surface area contributed by atoms with E-state index >= 15 is 0 Å². The molecule has 0 rings (SSSR count). The molecule has 4 unspecified atom stereocenters. The summed E-state index contributed by atoms with van der Waals surface area (Å²) in [7, 11) is -9.90. The van der Waals surface area contributed by atoms with Crippen molar-refractivity contribution in [1.82, 2.24) is 0 Å². The van der Waals surface area contributed by atoms with Crippen LogP contribution in [0.15, 0.2) is 0 Å². The van der Waals surface area contributed by atoms with Crippen LogP contribution >= 0.6 is 15.6 Å². The van der Waals surface area contributed by atoms with Crippen molar-refractivity contribution in [3.05, 3.63) is 0 Å². The van der Waals surface area contributed by atoms with Gasteiger partial charge >= 0.3 is 39.5 Å². The summed E-state index contributed by atoms with van der Waals surface area (Å²) in [6, 6.07) is 0. The minimum atomic E-state index is -4.95. The Morgan fingerprint density at radius 3 is 0.835 bits per heavy atom. The van der Waals surface area contributed by atoms with Crippen LogP contribution in [0.4, 0.5) is 0 Å². The maximum atomic E-state index is 13.0. The van der Waals surface area contributed by atoms with Crippen LogP contribution in [-0.4, -0.2) is 96.7 Å². The van der Waals surface area contributed by atoms with Gasteiger partial charge < -0.3 is 33.8 Å². The summed E-state index contributed by atoms with van der Waals surface area (Å²) in [5, 5.41) is 10.6. The summed E-state index contributed by atoms with van der Waals surface area (Å²) in [5.74, 6) is 0.227. The van der Waals surface area contributed by atoms with Gasteiger partial charge in [-0.1, -0.05) is 312 Å². The number of hydrogen-bond acceptors (Lipinski definition) is 15. The fraction of sp³-hybridized carbons (Fsp3) is 0.944. The fourth-order valence-electron chi connectivity index (χ4n) is 10.8. The molecule has 0 aliphatic carbocycles. The van der Waals surface area contributed by atoms with Gasteiger partial charge in [0, 0.05) is 25.7 Å². The van der Waals surface area contributed by atoms with Crippen molar-refractivity contribution >= 4 is 39.5 Å². The van der Waals surface area contributed by atoms with Crippen LogP contribution in [0.1, 0.15) is 363 Å². The van der Waals surface area contributed by atoms with E-state index in [0.29, 0.717) is 25.7 Å². The van der Waals surface area contributed by atoms with Crippen LogP contribution < -0.4 is 0 Å². The van der Waals surface area contributed by atoms with Gasteiger partial charge in [0.15, 0.2) is 12.2 Å². The van der Waals surface area contributed by atoms with Gasteiger partial charge in [-0.15, -0.1) is 0 Å². The zero-order chi connectivity index (χ0) is 67.3. The molecular weight excluding hydrogens is 1200 g/mol. The lowest BCUT2D eigenvalue weighted by atomic mass is 9.99. The monoisotopic (exact) mass is 1340 g/mol. The summed E-state index contributed by atoms with van der Waals surface area (Å²) in [6.07, 6.45) is 47.3. The first kappa shape index (κ1) is 89.1. The molecule has 91 heavy (non-hydrogen) atoms. The second kappa shape index (κ2) is 62.8. The first-order valence-corrected chi connectivity index (χ1v) is 40.4. The Labute approximate surface area is 556 Å². The van der Waals surface area contributed by atoms with Crippen LogP contribution in [0.2, 0.25) is 0 Å². The summed E-state index contributed by atoms with van der Waals surface area (Å²) in [6.45, 7) is 11.8. The Morgan fingerprint density at radius 1 is 0.319 bits per heavy atom. The predicted octanol–water partition coefficient (Wildman–Crippen LogP) is 20.6. The molecule has 0 aromatic carbocycles. The van der Waals surface area contributed by atoms with Gasteiger partial charge in [-0.3, -0.25) is 37.3 Å². The molecule has 3 N–H and O–H groups in total. The van der Waals surface area contributed by atoms with Crippen molar-refractivity contribution < 1.29 is 80.2 Å². The van der Waals surface area contributed by atoms with Crippen molar-refractivity contribution in [3.63, 3.8) is 0 Å². The van der Waals surface area contributed by atoms with Crippen molar-refractivity contribution in [1.29, 1.82) is 0 Å². The minimum Gasteiger partial charge on any atom is -0.462 e. The third-order valence-electron chi connectivity index (χ3n) is 17.4. The Hall–Kier alpha value is -1.94. The molecule has 540 valence electrons. The highest BCUT2D eigenvalue weighted by molar-refractivity contribution is 7.47. The van der Waals surface area contributed by atoms with Gasteiger partial charge in [0.1, 0.15) is 19.3 Å². The molecule has 0 amide bonds. The SMILES string of the molecule is CCCCCCCCCC(=O)OC[C@H](COP(=O)(O)OC[C@H](O)COP(=O)(O)OC[C@@H](COC(=O)CCCCCCCCCCCCCCCC(C)C)OC(=O)CCCCCCCCCCCCCCCCC(C)CC)OC(=O)CCCCCCCCC(C)CC. The molecule has 19 heteroatoms. The number of unbranched alkanes of at least 4 members (excludes halogenated alkanes) is 36. The zero-order valence-corrected chi connectivity index (χ0v) is 61.1. The molecule has 0 radical (unpaired) electrons. The van der Waals surface area contributed by atoms with Gasteiger partial charge in [-0.2, -0.15) is 0 Å². The third kappa shape index (κ3) is 63.9. The number of aliphatic hydroxyl groups excluding tert-OH is 1. The average molecular weight is 1340 g/mol. The Balaban J connectivity index is 5.20. The standard InChI is InChI=1S/C72H140O17P2/c1-8-11-12-13-29-39-46-53-69(74)82-59-68(89-72(77)56-49-42-35-34-38-45-52-65(7)10-3)62-87-91(80,81)85-58-66(73)57-84-90(78,79)86-61-67(60-83-70(75)54-47-40-32-27-23-20-16-17-21-25-30-36-43-50-63(4)5)88-71(76)55-48-41-33-28-24-19-15-14-18-22-26-31-37-44-51-64(6)9-2/h63-68,73H,8-62H2,1-7H3,(H,78,79)(H,80,81)/t64?,65?,66-,67-,68-/m1/s1. The van der Waals surface area contributed by atoms with Crippen LogP contribution in [-0.2, 0) is 65.4 Å². The quantitative estimate of drug-likeness (QED) is 0.0222. The summed E-state index contributed by atoms with van der Waals surface area (Å²) < 4.78 is 68.2. The zero-order valence-electron chi connectivity index (χ0n) is 59.3. The second-order valence-corrected chi connectivity index (χ2v) is 29.8. The van der Waals surface area contributed by atoms with Crippen LogP contribution in [0.25, 0.3) is 0 Å². The van der Waals surface area contributed by atoms with Gasteiger partial charge in [0.2, 0.25) is 0 Å². The molecule has 0 aromatic heterocycles. The number of carbonyl (C=O) groups excluding carboxylic acids is 4. The van der Waals surface area contributed by atoms with E-state index in [1.807, 2.05) is 0 Å². The molecule has 17 nitrogen and oxygen atoms in total. The van der Waals surface area contributed by atoms with E-state index in [2.05, 4.69) is 48.5 Å². The Kier molecular flexibility index (Phi) is 61.5. The largest absolute Gasteiger partial charge is 0.472 e. The van der Waals surface area contributed by atoms with Crippen LogP contribution in [0.5, 0.6) is 0 Å². The molecule has 0 saturated heterocycles. The van der Waals surface area contributed by atoms with Crippen molar-refractivity contribution in [3.8, 4) is 0 Å². The number of ether oxygens (including phenoxy) is 4. The first-order valence-electron chi connectivity index (χ1n) is 37.4. The maximum absolute atomic E-state index is 13.0. The number of phosphoric ester groups is 2. The number of hydrogen-bond donors (Lipinski definition) is 3. The fourth-order valence-corrected chi connectivity index (χ4v) is 12.4. The predicted molar refractivity (Wildman–Crippen MR) is 368 cm³/mol. The van der Waals surface area contributed by atoms with Gasteiger partial charge in [0.25, 0.3) is 0 Å². The normalized spacial score (nSPS) is 14.8. The minimum absolute atomic E-state index is 0.102. The Bertz CT molecular complexity index is 1790. The van der Waals surface area contributed by atoms with Crippen LogP contribution in [0.3, 0.4) is 0 Å². The van der Waals surface area contributed by atoms with Crippen LogP contribution in [0, 0.1) is 17.8 Å². The van der Waals surface area contributed by atoms with E-state index < -0.39 is 97.5 Å². The molecule has 0 aromatic rings. The topological polar surface area (TPSA) is 237 Å². The highest BCUT2D eigenvalue weighted by Crippen LogP contribution is 2.45. The van der Waals surface area contributed by atoms with Gasteiger partial charge in [-0.25, -0.2) is 9.13 Å². The summed E-state index contributed by atoms with van der Waals surface area (Å²) in [4.78, 5) is 72.5. The summed E-state index contributed by atoms with van der Waals surface area (Å²) in [5.41, 5.74) is 0. The van der Waals surface area contributed by atoms with Crippen molar-refractivity contribution in [2.45, 2.75) is 381 Å². The van der Waals surface area contributed by atoms with Gasteiger partial charge in [0.05, 0.1) is 26.4 Å². The van der Waals surface area contributed by atoms with Gasteiger partial charge in [-0.05, 0) is 43.4 Å². The van der Waals surface area contributed by atoms with Crippen molar-refractivity contribution in [2.75, 3.05) is 39.6 Å². The number of aliphatic hydroxyl groups is 1. The molecule has 0 spiro atoms. The maximum Gasteiger partial charge on any atom is 0.472 e. The number of carbonyl (C=O) groups is 4. The molecule has 7 atom stereocenters. The lowest BCUT2D eigenvalue weighted by Crippen LogP contribution is -2.30. The van der Waals surface area contributed by atoms with E-state index in [1.54, 1.807) is 0 Å². The highest BCUT2D eigenvalue weighted by atomic mass is 31.2. The van der Waals surface area contributed by atoms with Crippen molar-refractivity contribution in [2.24, 2.45) is 17.8 Å². The van der Waals surface area contributed by atoms with E-state index in [4.69, 9.17) is 37.0 Å². The number of esters is 4. The van der Waals surface area contributed by atoms with E-state index in [-0.39, 0.29) is 25.7 Å². The first-order chi connectivity index (χ1) is 43.8. The average Bonchev–Trinajstić information content (AvgIpc) is 2.63. The molecule has 0 fully saturated rings. The smallest absolute Gasteiger partial charge is 0.462 e. The van der Waals surface area contributed by atoms with E-state index in [1.165, 1.54) is 161 Å².